The van der Waals surface area contributed by atoms with Crippen LogP contribution >= 0.6 is 0 Å². The fraction of sp³-hybridized carbons (Fsp3) is 0.750. The molecule has 3 N–H and O–H groups in total. The number of carboxylic acid groups (broad SMARTS) is 1. The minimum Gasteiger partial charge on any atom is -0.481 e. The van der Waals surface area contributed by atoms with E-state index in [-0.39, 0.29) is 5.92 Å². The number of hydrogen-bond donors (Lipinski definition) is 3. The second kappa shape index (κ2) is 7.35. The van der Waals surface area contributed by atoms with Crippen LogP contribution in [0.4, 0.5) is 0 Å². The molecule has 0 aliphatic heterocycles. The lowest BCUT2D eigenvalue weighted by Gasteiger charge is -1.89. The summed E-state index contributed by atoms with van der Waals surface area (Å²) in [4.78, 5) is 9.70. The van der Waals surface area contributed by atoms with Crippen LogP contribution in [-0.2, 0) is 9.83 Å². The Bertz CT molecular complexity index is 69.4. The molecule has 0 aromatic rings. The zero-order valence-corrected chi connectivity index (χ0v) is 5.24. The van der Waals surface area contributed by atoms with Crippen molar-refractivity contribution in [3.8, 4) is 0 Å². The smallest absolute Gasteiger partial charge is 0.305 e. The van der Waals surface area contributed by atoms with Gasteiger partial charge in [-0.3, -0.25) is 4.79 Å². The topological polar surface area (TPSA) is 87.0 Å². The first kappa shape index (κ1) is 11.2. The highest BCUT2D eigenvalue weighted by Crippen LogP contribution is 1.87. The van der Waals surface area contributed by atoms with Crippen molar-refractivity contribution >= 4 is 5.97 Å². The van der Waals surface area contributed by atoms with Crippen molar-refractivity contribution in [1.82, 2.24) is 0 Å². The maximum atomic E-state index is 9.70. The molecule has 0 atom stereocenters. The quantitative estimate of drug-likeness (QED) is 0.366. The summed E-state index contributed by atoms with van der Waals surface area (Å²) in [5.41, 5.74) is 0. The number of carboxylic acids is 1. The summed E-state index contributed by atoms with van der Waals surface area (Å²) in [5, 5.41) is 23.5. The molecule has 0 bridgehead atoms. The van der Waals surface area contributed by atoms with E-state index in [0.29, 0.717) is 0 Å². The van der Waals surface area contributed by atoms with Crippen LogP contribution in [0.1, 0.15) is 13.8 Å². The van der Waals surface area contributed by atoms with Gasteiger partial charge in [-0.05, 0) is 0 Å². The van der Waals surface area contributed by atoms with Crippen molar-refractivity contribution in [2.45, 2.75) is 13.8 Å². The second-order valence-electron chi connectivity index (χ2n) is 1.57. The van der Waals surface area contributed by atoms with Crippen LogP contribution in [0.25, 0.3) is 0 Å². The summed E-state index contributed by atoms with van der Waals surface area (Å²) >= 11 is 0. The van der Waals surface area contributed by atoms with Crippen LogP contribution in [-0.4, -0.2) is 21.6 Å². The molecule has 5 heteroatoms. The molecule has 9 heavy (non-hydrogen) atoms. The number of carbonyl (C=O) groups is 1. The van der Waals surface area contributed by atoms with Crippen LogP contribution in [0, 0.1) is 5.92 Å². The minimum atomic E-state index is -0.741. The van der Waals surface area contributed by atoms with Gasteiger partial charge in [0.25, 0.3) is 0 Å². The van der Waals surface area contributed by atoms with Gasteiger partial charge in [0.05, 0.1) is 5.92 Å². The number of aliphatic carboxylic acids is 1. The van der Waals surface area contributed by atoms with Crippen LogP contribution in [0.5, 0.6) is 0 Å². The van der Waals surface area contributed by atoms with Gasteiger partial charge in [0, 0.05) is 0 Å². The van der Waals surface area contributed by atoms with E-state index in [9.17, 15) is 4.79 Å². The Kier molecular flexibility index (Phi) is 9.14. The van der Waals surface area contributed by atoms with E-state index in [1.54, 1.807) is 13.8 Å². The van der Waals surface area contributed by atoms with E-state index >= 15 is 0 Å². The lowest BCUT2D eigenvalue weighted by atomic mass is 10.2. The molecule has 5 nitrogen and oxygen atoms in total. The molecule has 0 rings (SSSR count). The zero-order valence-electron chi connectivity index (χ0n) is 5.24. The van der Waals surface area contributed by atoms with Gasteiger partial charge in [-0.15, -0.1) is 0 Å². The van der Waals surface area contributed by atoms with Crippen molar-refractivity contribution in [1.29, 1.82) is 0 Å². The highest BCUT2D eigenvalue weighted by atomic mass is 17.4. The average molecular weight is 138 g/mol. The largest absolute Gasteiger partial charge is 0.481 e. The lowest BCUT2D eigenvalue weighted by molar-refractivity contribution is -0.465. The van der Waals surface area contributed by atoms with Gasteiger partial charge in [0.1, 0.15) is 0 Å². The first-order chi connectivity index (χ1) is 4.06. The molecule has 0 spiro atoms. The van der Waals surface area contributed by atoms with Gasteiger partial charge in [-0.25, -0.2) is 10.5 Å². The molecule has 0 aliphatic carbocycles. The molecule has 0 amide bonds. The molecule has 0 aromatic carbocycles. The standard InChI is InChI=1S/C4H8O2.H2O3/c1-3(2)4(5)6;1-3-2/h3H,1-2H3,(H,5,6);1-2H. The third kappa shape index (κ3) is 18.7. The molecule has 0 saturated heterocycles. The van der Waals surface area contributed by atoms with E-state index in [2.05, 4.69) is 5.04 Å². The van der Waals surface area contributed by atoms with E-state index in [4.69, 9.17) is 15.6 Å². The van der Waals surface area contributed by atoms with Crippen molar-refractivity contribution in [3.63, 3.8) is 0 Å². The summed E-state index contributed by atoms with van der Waals surface area (Å²) < 4.78 is 0. The summed E-state index contributed by atoms with van der Waals surface area (Å²) in [5.74, 6) is -0.972. The van der Waals surface area contributed by atoms with E-state index in [1.165, 1.54) is 0 Å². The van der Waals surface area contributed by atoms with E-state index in [1.807, 2.05) is 0 Å². The Labute approximate surface area is 52.4 Å². The molecule has 56 valence electrons. The molecule has 0 heterocycles. The van der Waals surface area contributed by atoms with Crippen molar-refractivity contribution in [2.24, 2.45) is 5.92 Å². The molecular weight excluding hydrogens is 128 g/mol. The summed E-state index contributed by atoms with van der Waals surface area (Å²) in [6.07, 6.45) is 0. The fourth-order valence-corrected chi connectivity index (χ4v) is 0. The highest BCUT2D eigenvalue weighted by Gasteiger charge is 1.99. The normalized spacial score (nSPS) is 8.11. The average Bonchev–Trinajstić information content (AvgIpc) is 1.68. The van der Waals surface area contributed by atoms with Crippen molar-refractivity contribution in [3.05, 3.63) is 0 Å². The fourth-order valence-electron chi connectivity index (χ4n) is 0. The molecule has 0 radical (unpaired) electrons. The Morgan fingerprint density at radius 2 is 1.56 bits per heavy atom. The molecule has 0 fully saturated rings. The number of hydrogen-bond acceptors (Lipinski definition) is 4. The Morgan fingerprint density at radius 3 is 1.56 bits per heavy atom. The minimum absolute atomic E-state index is 0.231. The second-order valence-corrected chi connectivity index (χ2v) is 1.57. The summed E-state index contributed by atoms with van der Waals surface area (Å²) in [6.45, 7) is 3.28. The SMILES string of the molecule is CC(C)C(=O)O.OOO. The number of rotatable bonds is 1. The van der Waals surface area contributed by atoms with E-state index < -0.39 is 5.97 Å². The van der Waals surface area contributed by atoms with Crippen molar-refractivity contribution < 1.29 is 25.5 Å². The third-order valence-electron chi connectivity index (χ3n) is 0.494. The van der Waals surface area contributed by atoms with Gasteiger partial charge in [0.2, 0.25) is 0 Å². The first-order valence-corrected chi connectivity index (χ1v) is 2.24. The van der Waals surface area contributed by atoms with Gasteiger partial charge in [-0.2, -0.15) is 0 Å². The van der Waals surface area contributed by atoms with Crippen LogP contribution in [0.3, 0.4) is 0 Å². The third-order valence-corrected chi connectivity index (χ3v) is 0.494. The maximum absolute atomic E-state index is 9.70. The van der Waals surface area contributed by atoms with Gasteiger partial charge >= 0.3 is 5.97 Å². The summed E-state index contributed by atoms with van der Waals surface area (Å²) in [7, 11) is 0. The molecule has 0 saturated carbocycles. The molecule has 0 aliphatic rings. The first-order valence-electron chi connectivity index (χ1n) is 2.24. The predicted molar refractivity (Wildman–Crippen MR) is 28.8 cm³/mol. The lowest BCUT2D eigenvalue weighted by Crippen LogP contribution is -2.03. The van der Waals surface area contributed by atoms with Crippen LogP contribution < -0.4 is 0 Å². The molecular formula is C4H10O5. The molecule has 0 aromatic heterocycles. The Morgan fingerprint density at radius 1 is 1.44 bits per heavy atom. The maximum Gasteiger partial charge on any atom is 0.305 e. The zero-order chi connectivity index (χ0) is 7.86. The van der Waals surface area contributed by atoms with Crippen molar-refractivity contribution in [2.75, 3.05) is 0 Å². The predicted octanol–water partition coefficient (Wildman–Crippen LogP) is 0.676. The highest BCUT2D eigenvalue weighted by molar-refractivity contribution is 5.68. The van der Waals surface area contributed by atoms with E-state index in [0.717, 1.165) is 0 Å². The Balaban J connectivity index is 0. The van der Waals surface area contributed by atoms with Gasteiger partial charge < -0.3 is 5.11 Å². The van der Waals surface area contributed by atoms with Gasteiger partial charge in [0.15, 0.2) is 0 Å². The Hall–Kier alpha value is -0.650. The van der Waals surface area contributed by atoms with Gasteiger partial charge in [-0.1, -0.05) is 18.9 Å². The molecule has 0 unspecified atom stereocenters. The van der Waals surface area contributed by atoms with Crippen LogP contribution in [0.15, 0.2) is 0 Å². The monoisotopic (exact) mass is 138 g/mol. The summed E-state index contributed by atoms with van der Waals surface area (Å²) in [6, 6.07) is 0. The van der Waals surface area contributed by atoms with Crippen LogP contribution in [0.2, 0.25) is 0 Å².